The normalized spacial score (nSPS) is 11.7. The number of halogens is 1. The summed E-state index contributed by atoms with van der Waals surface area (Å²) in [4.78, 5) is 0.0703. The molecule has 2 heterocycles. The molecule has 0 bridgehead atoms. The van der Waals surface area contributed by atoms with Crippen molar-refractivity contribution in [3.63, 3.8) is 0 Å². The molecule has 120 valence electrons. The first kappa shape index (κ1) is 15.4. The zero-order valence-electron chi connectivity index (χ0n) is 12.2. The minimum absolute atomic E-state index is 0.0360. The molecule has 8 heteroatoms. The van der Waals surface area contributed by atoms with E-state index >= 15 is 0 Å². The average molecular weight is 335 g/mol. The van der Waals surface area contributed by atoms with Gasteiger partial charge in [-0.15, -0.1) is 0 Å². The van der Waals surface area contributed by atoms with Gasteiger partial charge in [0.2, 0.25) is 10.0 Å². The summed E-state index contributed by atoms with van der Waals surface area (Å²) in [5.41, 5.74) is 0.328. The molecule has 3 rings (SSSR count). The molecule has 3 aromatic rings. The Kier molecular flexibility index (Phi) is 4.01. The van der Waals surface area contributed by atoms with Crippen LogP contribution < -0.4 is 4.72 Å². The first-order valence-electron chi connectivity index (χ1n) is 6.77. The third-order valence-corrected chi connectivity index (χ3v) is 4.58. The Morgan fingerprint density at radius 2 is 2.04 bits per heavy atom. The van der Waals surface area contributed by atoms with Gasteiger partial charge in [-0.2, -0.15) is 5.10 Å². The molecule has 1 aromatic carbocycles. The van der Waals surface area contributed by atoms with Crippen molar-refractivity contribution in [2.45, 2.75) is 11.4 Å². The van der Waals surface area contributed by atoms with Crippen molar-refractivity contribution < 1.29 is 17.2 Å². The van der Waals surface area contributed by atoms with Crippen molar-refractivity contribution in [2.24, 2.45) is 7.05 Å². The molecular weight excluding hydrogens is 321 g/mol. The van der Waals surface area contributed by atoms with Gasteiger partial charge >= 0.3 is 0 Å². The van der Waals surface area contributed by atoms with Gasteiger partial charge in [0.15, 0.2) is 0 Å². The fourth-order valence-corrected chi connectivity index (χ4v) is 3.04. The molecule has 0 aliphatic rings. The highest BCUT2D eigenvalue weighted by Crippen LogP contribution is 2.24. The summed E-state index contributed by atoms with van der Waals surface area (Å²) in [5, 5.41) is 3.82. The highest BCUT2D eigenvalue weighted by molar-refractivity contribution is 7.89. The highest BCUT2D eigenvalue weighted by Gasteiger charge is 2.17. The Balaban J connectivity index is 1.74. The van der Waals surface area contributed by atoms with Crippen LogP contribution in [0.5, 0.6) is 0 Å². The van der Waals surface area contributed by atoms with Crippen molar-refractivity contribution in [1.82, 2.24) is 14.5 Å². The van der Waals surface area contributed by atoms with Crippen LogP contribution in [0.15, 0.2) is 58.1 Å². The van der Waals surface area contributed by atoms with E-state index in [0.29, 0.717) is 17.1 Å². The lowest BCUT2D eigenvalue weighted by atomic mass is 10.1. The predicted octanol–water partition coefficient (Wildman–Crippen LogP) is 2.30. The van der Waals surface area contributed by atoms with E-state index in [1.54, 1.807) is 37.4 Å². The lowest BCUT2D eigenvalue weighted by Crippen LogP contribution is -2.22. The van der Waals surface area contributed by atoms with Crippen LogP contribution >= 0.6 is 0 Å². The van der Waals surface area contributed by atoms with Crippen LogP contribution in [-0.2, 0) is 23.6 Å². The molecule has 0 atom stereocenters. The van der Waals surface area contributed by atoms with Gasteiger partial charge < -0.3 is 4.42 Å². The number of hydrogen-bond donors (Lipinski definition) is 1. The summed E-state index contributed by atoms with van der Waals surface area (Å²) >= 11 is 0. The summed E-state index contributed by atoms with van der Waals surface area (Å²) in [6.45, 7) is -0.0360. The van der Waals surface area contributed by atoms with E-state index in [9.17, 15) is 12.8 Å². The van der Waals surface area contributed by atoms with Gasteiger partial charge in [-0.1, -0.05) is 12.1 Å². The van der Waals surface area contributed by atoms with E-state index in [-0.39, 0.29) is 11.4 Å². The highest BCUT2D eigenvalue weighted by atomic mass is 32.2. The molecule has 0 spiro atoms. The summed E-state index contributed by atoms with van der Waals surface area (Å²) in [6, 6.07) is 9.43. The largest absolute Gasteiger partial charge is 0.460 e. The number of sulfonamides is 1. The Morgan fingerprint density at radius 1 is 1.26 bits per heavy atom. The summed E-state index contributed by atoms with van der Waals surface area (Å²) < 4.78 is 47.2. The van der Waals surface area contributed by atoms with Crippen LogP contribution in [0.1, 0.15) is 5.76 Å². The average Bonchev–Trinajstić information content (AvgIpc) is 3.15. The second-order valence-corrected chi connectivity index (χ2v) is 6.69. The van der Waals surface area contributed by atoms with Crippen LogP contribution in [0.2, 0.25) is 0 Å². The van der Waals surface area contributed by atoms with Crippen LogP contribution in [0.3, 0.4) is 0 Å². The van der Waals surface area contributed by atoms with E-state index in [2.05, 4.69) is 9.82 Å². The van der Waals surface area contributed by atoms with Gasteiger partial charge in [0.05, 0.1) is 18.3 Å². The van der Waals surface area contributed by atoms with Crippen LogP contribution in [0.4, 0.5) is 4.39 Å². The van der Waals surface area contributed by atoms with Crippen molar-refractivity contribution in [3.05, 3.63) is 60.4 Å². The van der Waals surface area contributed by atoms with Crippen molar-refractivity contribution in [1.29, 1.82) is 0 Å². The molecule has 6 nitrogen and oxygen atoms in total. The predicted molar refractivity (Wildman–Crippen MR) is 81.3 cm³/mol. The molecule has 0 unspecified atom stereocenters. The lowest BCUT2D eigenvalue weighted by molar-refractivity contribution is 0.505. The van der Waals surface area contributed by atoms with Gasteiger partial charge in [0.25, 0.3) is 0 Å². The van der Waals surface area contributed by atoms with Crippen LogP contribution in [-0.4, -0.2) is 18.2 Å². The molecule has 23 heavy (non-hydrogen) atoms. The Bertz CT molecular complexity index is 931. The van der Waals surface area contributed by atoms with Gasteiger partial charge in [-0.05, 0) is 24.3 Å². The van der Waals surface area contributed by atoms with Crippen LogP contribution in [0, 0.1) is 5.82 Å². The van der Waals surface area contributed by atoms with Crippen molar-refractivity contribution in [2.75, 3.05) is 0 Å². The molecule has 0 saturated carbocycles. The summed E-state index contributed by atoms with van der Waals surface area (Å²) in [5.74, 6) is 0.332. The minimum Gasteiger partial charge on any atom is -0.460 e. The Morgan fingerprint density at radius 3 is 2.74 bits per heavy atom. The number of rotatable bonds is 5. The molecule has 0 fully saturated rings. The maximum atomic E-state index is 13.7. The number of aromatic nitrogens is 2. The number of nitrogens with one attached hydrogen (secondary N) is 1. The topological polar surface area (TPSA) is 77.1 Å². The molecular formula is C15H14FN3O3S. The number of nitrogens with zero attached hydrogens (tertiary/aromatic N) is 2. The summed E-state index contributed by atoms with van der Waals surface area (Å²) in [6.07, 6.45) is 2.66. The fraction of sp³-hybridized carbons (Fsp3) is 0.133. The second kappa shape index (κ2) is 5.98. The molecule has 0 aliphatic heterocycles. The molecule has 0 amide bonds. The standard InChI is InChI=1S/C15H14FN3O3S/c1-19-10-12(9-17-19)23(20,21)18-8-11-6-7-15(22-11)13-4-2-3-5-14(13)16/h2-7,9-10,18H,8H2,1H3. The first-order chi connectivity index (χ1) is 11.0. The number of furan rings is 1. The quantitative estimate of drug-likeness (QED) is 0.776. The zero-order chi connectivity index (χ0) is 16.4. The van der Waals surface area contributed by atoms with Crippen molar-refractivity contribution in [3.8, 4) is 11.3 Å². The third-order valence-electron chi connectivity index (χ3n) is 3.23. The monoisotopic (exact) mass is 335 g/mol. The second-order valence-electron chi connectivity index (χ2n) is 4.92. The third kappa shape index (κ3) is 3.33. The van der Waals surface area contributed by atoms with Gasteiger partial charge in [0.1, 0.15) is 22.2 Å². The lowest BCUT2D eigenvalue weighted by Gasteiger charge is -2.03. The molecule has 0 radical (unpaired) electrons. The number of aryl methyl sites for hydroxylation is 1. The smallest absolute Gasteiger partial charge is 0.244 e. The maximum absolute atomic E-state index is 13.7. The van der Waals surface area contributed by atoms with E-state index < -0.39 is 15.8 Å². The van der Waals surface area contributed by atoms with E-state index in [0.717, 1.165) is 0 Å². The zero-order valence-corrected chi connectivity index (χ0v) is 13.0. The Hall–Kier alpha value is -2.45. The van der Waals surface area contributed by atoms with E-state index in [1.807, 2.05) is 0 Å². The molecule has 2 aromatic heterocycles. The molecule has 0 aliphatic carbocycles. The molecule has 0 saturated heterocycles. The van der Waals surface area contributed by atoms with E-state index in [4.69, 9.17) is 4.42 Å². The Labute approximate surface area is 132 Å². The van der Waals surface area contributed by atoms with E-state index in [1.165, 1.54) is 23.1 Å². The maximum Gasteiger partial charge on any atom is 0.244 e. The summed E-state index contributed by atoms with van der Waals surface area (Å²) in [7, 11) is -2.04. The number of benzene rings is 1. The van der Waals surface area contributed by atoms with Gasteiger partial charge in [-0.25, -0.2) is 17.5 Å². The fourth-order valence-electron chi connectivity index (χ4n) is 2.07. The minimum atomic E-state index is -3.67. The van der Waals surface area contributed by atoms with Crippen molar-refractivity contribution >= 4 is 10.0 Å². The van der Waals surface area contributed by atoms with Crippen LogP contribution in [0.25, 0.3) is 11.3 Å². The van der Waals surface area contributed by atoms with Gasteiger partial charge in [-0.3, -0.25) is 4.68 Å². The van der Waals surface area contributed by atoms with Gasteiger partial charge in [0, 0.05) is 13.2 Å². The molecule has 1 N–H and O–H groups in total. The SMILES string of the molecule is Cn1cc(S(=O)(=O)NCc2ccc(-c3ccccc3F)o2)cn1. The first-order valence-corrected chi connectivity index (χ1v) is 8.26. The number of hydrogen-bond acceptors (Lipinski definition) is 4.